The smallest absolute Gasteiger partial charge is 0.418 e. The molecule has 1 saturated carbocycles. The number of aliphatic carboxylic acids is 1. The lowest BCUT2D eigenvalue weighted by Crippen LogP contribution is -2.38. The molecule has 1 aromatic heterocycles. The summed E-state index contributed by atoms with van der Waals surface area (Å²) < 4.78 is 40.4. The molecule has 0 spiro atoms. The van der Waals surface area contributed by atoms with Crippen molar-refractivity contribution in [3.63, 3.8) is 0 Å². The number of benzene rings is 1. The second kappa shape index (κ2) is 7.01. The molecule has 0 radical (unpaired) electrons. The van der Waals surface area contributed by atoms with Gasteiger partial charge in [0.2, 0.25) is 0 Å². The van der Waals surface area contributed by atoms with E-state index in [0.29, 0.717) is 0 Å². The summed E-state index contributed by atoms with van der Waals surface area (Å²) in [6.07, 6.45) is -1.94. The van der Waals surface area contributed by atoms with E-state index in [1.807, 2.05) is 0 Å². The molecule has 7 nitrogen and oxygen atoms in total. The number of hydrogen-bond acceptors (Lipinski definition) is 4. The molecule has 1 unspecified atom stereocenters. The highest BCUT2D eigenvalue weighted by Gasteiger charge is 2.37. The van der Waals surface area contributed by atoms with E-state index in [4.69, 9.17) is 5.11 Å². The van der Waals surface area contributed by atoms with Gasteiger partial charge in [-0.05, 0) is 25.0 Å². The predicted octanol–water partition coefficient (Wildman–Crippen LogP) is 2.61. The molecule has 0 bridgehead atoms. The Balaban J connectivity index is 1.87. The molecular weight excluding hydrogens is 365 g/mol. The van der Waals surface area contributed by atoms with Crippen molar-refractivity contribution in [1.82, 2.24) is 19.9 Å². The summed E-state index contributed by atoms with van der Waals surface area (Å²) in [5.74, 6) is -2.34. The first-order chi connectivity index (χ1) is 12.7. The van der Waals surface area contributed by atoms with Gasteiger partial charge < -0.3 is 10.0 Å². The molecule has 3 rings (SSSR count). The highest BCUT2D eigenvalue weighted by Crippen LogP contribution is 2.33. The van der Waals surface area contributed by atoms with Gasteiger partial charge in [0.15, 0.2) is 5.69 Å². The minimum Gasteiger partial charge on any atom is -0.481 e. The Hall–Kier alpha value is -2.91. The van der Waals surface area contributed by atoms with E-state index >= 15 is 0 Å². The number of alkyl halides is 3. The van der Waals surface area contributed by atoms with Crippen LogP contribution < -0.4 is 0 Å². The molecule has 27 heavy (non-hydrogen) atoms. The minimum absolute atomic E-state index is 0.00479. The number of carbonyl (C=O) groups excluding carboxylic acids is 1. The van der Waals surface area contributed by atoms with Crippen molar-refractivity contribution in [3.05, 3.63) is 41.7 Å². The van der Waals surface area contributed by atoms with Gasteiger partial charge in [0.05, 0.1) is 23.4 Å². The number of carbonyl (C=O) groups is 2. The topological polar surface area (TPSA) is 88.3 Å². The number of rotatable bonds is 6. The fraction of sp³-hybridized carbons (Fsp3) is 0.412. The van der Waals surface area contributed by atoms with Crippen LogP contribution in [0.1, 0.15) is 35.8 Å². The van der Waals surface area contributed by atoms with Crippen molar-refractivity contribution in [2.75, 3.05) is 6.54 Å². The fourth-order valence-electron chi connectivity index (χ4n) is 2.70. The Morgan fingerprint density at radius 3 is 2.59 bits per heavy atom. The normalized spacial score (nSPS) is 15.4. The lowest BCUT2D eigenvalue weighted by atomic mass is 10.1. The van der Waals surface area contributed by atoms with Crippen LogP contribution in [-0.2, 0) is 11.0 Å². The SMILES string of the molecule is CC(CN(C(=O)c1cn(-c2ccccc2C(F)(F)F)nn1)C1CC1)C(=O)O. The molecule has 0 aliphatic heterocycles. The molecule has 1 heterocycles. The summed E-state index contributed by atoms with van der Waals surface area (Å²) >= 11 is 0. The third kappa shape index (κ3) is 4.09. The molecule has 10 heteroatoms. The van der Waals surface area contributed by atoms with Crippen LogP contribution in [0.4, 0.5) is 13.2 Å². The maximum absolute atomic E-state index is 13.2. The molecule has 2 aromatic rings. The zero-order chi connectivity index (χ0) is 19.8. The summed E-state index contributed by atoms with van der Waals surface area (Å²) in [4.78, 5) is 25.2. The number of nitrogens with zero attached hydrogens (tertiary/aromatic N) is 4. The first kappa shape index (κ1) is 18.9. The van der Waals surface area contributed by atoms with Crippen LogP contribution in [0.3, 0.4) is 0 Å². The second-order valence-corrected chi connectivity index (χ2v) is 6.49. The molecule has 1 amide bonds. The van der Waals surface area contributed by atoms with Gasteiger partial charge in [0.25, 0.3) is 5.91 Å². The van der Waals surface area contributed by atoms with E-state index in [1.165, 1.54) is 30.0 Å². The molecular formula is C17H17F3N4O3. The first-order valence-corrected chi connectivity index (χ1v) is 8.31. The van der Waals surface area contributed by atoms with Crippen molar-refractivity contribution >= 4 is 11.9 Å². The van der Waals surface area contributed by atoms with Crippen molar-refractivity contribution in [3.8, 4) is 5.69 Å². The highest BCUT2D eigenvalue weighted by molar-refractivity contribution is 5.92. The lowest BCUT2D eigenvalue weighted by molar-refractivity contribution is -0.141. The van der Waals surface area contributed by atoms with Crippen LogP contribution in [0.15, 0.2) is 30.5 Å². The van der Waals surface area contributed by atoms with Crippen molar-refractivity contribution < 1.29 is 27.9 Å². The molecule has 1 atom stereocenters. The average Bonchev–Trinajstić information content (AvgIpc) is 3.33. The van der Waals surface area contributed by atoms with E-state index in [1.54, 1.807) is 0 Å². The predicted molar refractivity (Wildman–Crippen MR) is 87.2 cm³/mol. The first-order valence-electron chi connectivity index (χ1n) is 8.31. The minimum atomic E-state index is -4.58. The van der Waals surface area contributed by atoms with E-state index in [-0.39, 0.29) is 24.0 Å². The number of aromatic nitrogens is 3. The van der Waals surface area contributed by atoms with Crippen LogP contribution in [0.25, 0.3) is 5.69 Å². The number of amides is 1. The lowest BCUT2D eigenvalue weighted by Gasteiger charge is -2.23. The number of para-hydroxylation sites is 1. The Bertz CT molecular complexity index is 861. The van der Waals surface area contributed by atoms with Crippen molar-refractivity contribution in [1.29, 1.82) is 0 Å². The van der Waals surface area contributed by atoms with Gasteiger partial charge in [-0.1, -0.05) is 24.3 Å². The zero-order valence-electron chi connectivity index (χ0n) is 14.3. The third-order valence-electron chi connectivity index (χ3n) is 4.31. The maximum Gasteiger partial charge on any atom is 0.418 e. The molecule has 1 fully saturated rings. The third-order valence-corrected chi connectivity index (χ3v) is 4.31. The molecule has 1 aliphatic rings. The molecule has 1 aromatic carbocycles. The van der Waals surface area contributed by atoms with Gasteiger partial charge in [-0.3, -0.25) is 9.59 Å². The second-order valence-electron chi connectivity index (χ2n) is 6.49. The number of carboxylic acids is 1. The Morgan fingerprint density at radius 1 is 1.33 bits per heavy atom. The summed E-state index contributed by atoms with van der Waals surface area (Å²) in [5.41, 5.74) is -1.27. The quantitative estimate of drug-likeness (QED) is 0.830. The van der Waals surface area contributed by atoms with Gasteiger partial charge in [-0.15, -0.1) is 5.10 Å². The average molecular weight is 382 g/mol. The van der Waals surface area contributed by atoms with Gasteiger partial charge in [-0.25, -0.2) is 4.68 Å². The van der Waals surface area contributed by atoms with Crippen molar-refractivity contribution in [2.45, 2.75) is 32.0 Å². The van der Waals surface area contributed by atoms with Crippen LogP contribution in [0, 0.1) is 5.92 Å². The molecule has 144 valence electrons. The van der Waals surface area contributed by atoms with E-state index in [0.717, 1.165) is 29.8 Å². The summed E-state index contributed by atoms with van der Waals surface area (Å²) in [7, 11) is 0. The van der Waals surface area contributed by atoms with Crippen LogP contribution in [0.5, 0.6) is 0 Å². The number of halogens is 3. The molecule has 1 N–H and O–H groups in total. The van der Waals surface area contributed by atoms with Gasteiger partial charge >= 0.3 is 12.1 Å². The molecule has 1 aliphatic carbocycles. The highest BCUT2D eigenvalue weighted by atomic mass is 19.4. The number of carboxylic acid groups (broad SMARTS) is 1. The monoisotopic (exact) mass is 382 g/mol. The van der Waals surface area contributed by atoms with Gasteiger partial charge in [0, 0.05) is 12.6 Å². The summed E-state index contributed by atoms with van der Waals surface area (Å²) in [6, 6.07) is 4.77. The van der Waals surface area contributed by atoms with Gasteiger partial charge in [0.1, 0.15) is 0 Å². The fourth-order valence-corrected chi connectivity index (χ4v) is 2.70. The van der Waals surface area contributed by atoms with Crippen molar-refractivity contribution in [2.24, 2.45) is 5.92 Å². The van der Waals surface area contributed by atoms with Crippen LogP contribution in [-0.4, -0.2) is 49.5 Å². The Labute approximate surface area is 152 Å². The maximum atomic E-state index is 13.2. The summed E-state index contributed by atoms with van der Waals surface area (Å²) in [5, 5.41) is 16.4. The number of hydrogen-bond donors (Lipinski definition) is 1. The van der Waals surface area contributed by atoms with E-state index in [9.17, 15) is 22.8 Å². The largest absolute Gasteiger partial charge is 0.481 e. The summed E-state index contributed by atoms with van der Waals surface area (Å²) in [6.45, 7) is 1.49. The molecule has 0 saturated heterocycles. The van der Waals surface area contributed by atoms with E-state index in [2.05, 4.69) is 10.3 Å². The zero-order valence-corrected chi connectivity index (χ0v) is 14.3. The Kier molecular flexibility index (Phi) is 4.90. The van der Waals surface area contributed by atoms with E-state index < -0.39 is 29.5 Å². The van der Waals surface area contributed by atoms with Gasteiger partial charge in [-0.2, -0.15) is 13.2 Å². The standard InChI is InChI=1S/C17H17F3N4O3/c1-10(16(26)27)8-23(11-6-7-11)15(25)13-9-24(22-21-13)14-5-3-2-4-12(14)17(18,19)20/h2-5,9-11H,6-8H2,1H3,(H,26,27). The van der Waals surface area contributed by atoms with Crippen LogP contribution in [0.2, 0.25) is 0 Å². The van der Waals surface area contributed by atoms with Crippen LogP contribution >= 0.6 is 0 Å². The Morgan fingerprint density at radius 2 is 2.00 bits per heavy atom.